The van der Waals surface area contributed by atoms with Crippen LogP contribution in [0.5, 0.6) is 5.75 Å². The molecule has 1 atom stereocenters. The Morgan fingerprint density at radius 1 is 1.06 bits per heavy atom. The fourth-order valence-electron chi connectivity index (χ4n) is 3.04. The molecule has 3 aromatic rings. The van der Waals surface area contributed by atoms with Gasteiger partial charge in [-0.1, -0.05) is 41.9 Å². The zero-order valence-electron chi connectivity index (χ0n) is 18.2. The van der Waals surface area contributed by atoms with Crippen LogP contribution in [0.15, 0.2) is 84.0 Å². The Balaban J connectivity index is 1.57. The van der Waals surface area contributed by atoms with E-state index in [4.69, 9.17) is 16.3 Å². The first-order valence-corrected chi connectivity index (χ1v) is 12.3. The van der Waals surface area contributed by atoms with E-state index in [1.807, 2.05) is 24.3 Å². The van der Waals surface area contributed by atoms with Crippen LogP contribution in [0.3, 0.4) is 0 Å². The van der Waals surface area contributed by atoms with Gasteiger partial charge >= 0.3 is 0 Å². The van der Waals surface area contributed by atoms with Gasteiger partial charge in [0.15, 0.2) is 0 Å². The molecule has 1 N–H and O–H groups in total. The van der Waals surface area contributed by atoms with Crippen molar-refractivity contribution in [2.24, 2.45) is 5.10 Å². The van der Waals surface area contributed by atoms with Crippen LogP contribution in [0.25, 0.3) is 0 Å². The molecule has 0 aliphatic carbocycles. The van der Waals surface area contributed by atoms with Gasteiger partial charge in [0.2, 0.25) is 10.0 Å². The van der Waals surface area contributed by atoms with E-state index >= 15 is 0 Å². The number of hydrazone groups is 1. The topological polar surface area (TPSA) is 88.1 Å². The molecule has 7 nitrogen and oxygen atoms in total. The molecule has 0 bridgehead atoms. The summed E-state index contributed by atoms with van der Waals surface area (Å²) < 4.78 is 31.3. The highest BCUT2D eigenvalue weighted by Crippen LogP contribution is 2.20. The summed E-state index contributed by atoms with van der Waals surface area (Å²) in [6.07, 6.45) is 2.53. The van der Waals surface area contributed by atoms with Crippen LogP contribution in [-0.2, 0) is 21.4 Å². The van der Waals surface area contributed by atoms with E-state index in [9.17, 15) is 13.2 Å². The van der Waals surface area contributed by atoms with Crippen LogP contribution >= 0.6 is 11.6 Å². The van der Waals surface area contributed by atoms with E-state index < -0.39 is 22.0 Å². The second-order valence-corrected chi connectivity index (χ2v) is 9.58. The number of nitrogens with one attached hydrogen (secondary N) is 1. The van der Waals surface area contributed by atoms with Crippen molar-refractivity contribution < 1.29 is 17.9 Å². The third-order valence-corrected chi connectivity index (χ3v) is 6.18. The molecule has 3 rings (SSSR count). The van der Waals surface area contributed by atoms with E-state index in [-0.39, 0.29) is 0 Å². The van der Waals surface area contributed by atoms with Crippen LogP contribution in [-0.4, -0.2) is 32.8 Å². The molecule has 0 aliphatic heterocycles. The Hall–Kier alpha value is -3.36. The highest BCUT2D eigenvalue weighted by atomic mass is 35.5. The molecule has 0 aromatic heterocycles. The lowest BCUT2D eigenvalue weighted by molar-refractivity contribution is -0.121. The third kappa shape index (κ3) is 7.06. The smallest absolute Gasteiger partial charge is 0.263 e. The highest BCUT2D eigenvalue weighted by molar-refractivity contribution is 7.92. The van der Waals surface area contributed by atoms with Gasteiger partial charge in [0.25, 0.3) is 5.91 Å². The summed E-state index contributed by atoms with van der Waals surface area (Å²) >= 11 is 5.88. The highest BCUT2D eigenvalue weighted by Gasteiger charge is 2.28. The summed E-state index contributed by atoms with van der Waals surface area (Å²) in [6, 6.07) is 22.1. The number of anilines is 1. The van der Waals surface area contributed by atoms with Crippen molar-refractivity contribution in [1.29, 1.82) is 0 Å². The molecule has 172 valence electrons. The summed E-state index contributed by atoms with van der Waals surface area (Å²) in [5.41, 5.74) is 4.55. The van der Waals surface area contributed by atoms with E-state index in [1.165, 1.54) is 13.1 Å². The summed E-state index contributed by atoms with van der Waals surface area (Å²) in [6.45, 7) is 1.92. The van der Waals surface area contributed by atoms with Gasteiger partial charge in [0.05, 0.1) is 18.2 Å². The summed E-state index contributed by atoms with van der Waals surface area (Å²) in [4.78, 5) is 12.5. The molecule has 0 aliphatic rings. The van der Waals surface area contributed by atoms with Crippen LogP contribution in [0.2, 0.25) is 5.02 Å². The summed E-state index contributed by atoms with van der Waals surface area (Å²) in [7, 11) is -3.67. The Morgan fingerprint density at radius 2 is 1.70 bits per heavy atom. The lowest BCUT2D eigenvalue weighted by atomic mass is 10.2. The largest absolute Gasteiger partial charge is 0.489 e. The molecule has 33 heavy (non-hydrogen) atoms. The SMILES string of the molecule is C[C@H](C(=O)N/N=C\c1ccc(OCc2ccc(Cl)cc2)cc1)N(c1ccccc1)S(C)(=O)=O. The number of hydrogen-bond donors (Lipinski definition) is 1. The number of nitrogens with zero attached hydrogens (tertiary/aromatic N) is 2. The number of ether oxygens (including phenoxy) is 1. The molecular formula is C24H24ClN3O4S. The molecule has 0 unspecified atom stereocenters. The molecule has 0 saturated heterocycles. The number of carbonyl (C=O) groups excluding carboxylic acids is 1. The van der Waals surface area contributed by atoms with Crippen molar-refractivity contribution >= 4 is 39.4 Å². The van der Waals surface area contributed by atoms with Gasteiger partial charge in [-0.25, -0.2) is 13.8 Å². The first-order valence-electron chi connectivity index (χ1n) is 10.1. The summed E-state index contributed by atoms with van der Waals surface area (Å²) in [5, 5.41) is 4.63. The zero-order chi connectivity index (χ0) is 23.8. The molecule has 3 aromatic carbocycles. The molecule has 0 spiro atoms. The molecule has 0 radical (unpaired) electrons. The number of para-hydroxylation sites is 1. The number of halogens is 1. The van der Waals surface area contributed by atoms with Crippen molar-refractivity contribution in [1.82, 2.24) is 5.43 Å². The lowest BCUT2D eigenvalue weighted by Gasteiger charge is -2.27. The first-order chi connectivity index (χ1) is 15.7. The molecule has 0 fully saturated rings. The van der Waals surface area contributed by atoms with Crippen LogP contribution < -0.4 is 14.5 Å². The van der Waals surface area contributed by atoms with Crippen molar-refractivity contribution in [3.8, 4) is 5.75 Å². The Kier molecular flexibility index (Phi) is 8.08. The number of rotatable bonds is 9. The van der Waals surface area contributed by atoms with Gasteiger partial charge < -0.3 is 4.74 Å². The van der Waals surface area contributed by atoms with E-state index in [1.54, 1.807) is 54.6 Å². The number of benzene rings is 3. The van der Waals surface area contributed by atoms with Crippen LogP contribution in [0, 0.1) is 0 Å². The van der Waals surface area contributed by atoms with E-state index in [0.29, 0.717) is 23.1 Å². The Morgan fingerprint density at radius 3 is 2.30 bits per heavy atom. The predicted octanol–water partition coefficient (Wildman–Crippen LogP) is 4.22. The zero-order valence-corrected chi connectivity index (χ0v) is 19.8. The second-order valence-electron chi connectivity index (χ2n) is 7.29. The monoisotopic (exact) mass is 485 g/mol. The minimum atomic E-state index is -3.67. The van der Waals surface area contributed by atoms with Gasteiger partial charge in [-0.15, -0.1) is 0 Å². The van der Waals surface area contributed by atoms with Crippen LogP contribution in [0.1, 0.15) is 18.1 Å². The van der Waals surface area contributed by atoms with E-state index in [0.717, 1.165) is 21.7 Å². The van der Waals surface area contributed by atoms with E-state index in [2.05, 4.69) is 10.5 Å². The number of carbonyl (C=O) groups is 1. The summed E-state index contributed by atoms with van der Waals surface area (Å²) in [5.74, 6) is 0.134. The molecule has 0 saturated carbocycles. The van der Waals surface area contributed by atoms with Crippen molar-refractivity contribution in [2.75, 3.05) is 10.6 Å². The van der Waals surface area contributed by atoms with Gasteiger partial charge in [0, 0.05) is 5.02 Å². The standard InChI is InChI=1S/C24H24ClN3O4S/c1-18(28(33(2,30)31)22-6-4-3-5-7-22)24(29)27-26-16-19-10-14-23(15-11-19)32-17-20-8-12-21(25)13-9-20/h3-16,18H,17H2,1-2H3,(H,27,29)/b26-16-/t18-/m1/s1. The minimum Gasteiger partial charge on any atom is -0.489 e. The molecule has 0 heterocycles. The van der Waals surface area contributed by atoms with Crippen molar-refractivity contribution in [3.63, 3.8) is 0 Å². The van der Waals surface area contributed by atoms with Crippen molar-refractivity contribution in [3.05, 3.63) is 95.0 Å². The predicted molar refractivity (Wildman–Crippen MR) is 131 cm³/mol. The second kappa shape index (κ2) is 11.0. The molecule has 1 amide bonds. The minimum absolute atomic E-state index is 0.404. The fourth-order valence-corrected chi connectivity index (χ4v) is 4.35. The third-order valence-electron chi connectivity index (χ3n) is 4.69. The maximum Gasteiger partial charge on any atom is 0.263 e. The maximum absolute atomic E-state index is 12.5. The maximum atomic E-state index is 12.5. The number of amides is 1. The average Bonchev–Trinajstić information content (AvgIpc) is 2.79. The lowest BCUT2D eigenvalue weighted by Crippen LogP contribution is -2.46. The molecular weight excluding hydrogens is 462 g/mol. The Labute approximate surface area is 198 Å². The first kappa shape index (κ1) is 24.3. The number of hydrogen-bond acceptors (Lipinski definition) is 5. The quantitative estimate of drug-likeness (QED) is 0.363. The average molecular weight is 486 g/mol. The van der Waals surface area contributed by atoms with Gasteiger partial charge in [-0.3, -0.25) is 9.10 Å². The number of sulfonamides is 1. The Bertz CT molecular complexity index is 1200. The van der Waals surface area contributed by atoms with Gasteiger partial charge in [-0.2, -0.15) is 5.10 Å². The fraction of sp³-hybridized carbons (Fsp3) is 0.167. The van der Waals surface area contributed by atoms with Gasteiger partial charge in [-0.05, 0) is 66.6 Å². The normalized spacial score (nSPS) is 12.3. The van der Waals surface area contributed by atoms with Crippen LogP contribution in [0.4, 0.5) is 5.69 Å². The van der Waals surface area contributed by atoms with Gasteiger partial charge in [0.1, 0.15) is 18.4 Å². The molecule has 9 heteroatoms. The van der Waals surface area contributed by atoms with Crippen molar-refractivity contribution in [2.45, 2.75) is 19.6 Å².